The molecular formula is C12H16N4. The van der Waals surface area contributed by atoms with Crippen molar-refractivity contribution in [2.75, 3.05) is 6.54 Å². The van der Waals surface area contributed by atoms with Gasteiger partial charge in [-0.25, -0.2) is 0 Å². The van der Waals surface area contributed by atoms with E-state index in [-0.39, 0.29) is 0 Å². The Kier molecular flexibility index (Phi) is 3.31. The lowest BCUT2D eigenvalue weighted by Gasteiger charge is -2.02. The van der Waals surface area contributed by atoms with Gasteiger partial charge in [0.2, 0.25) is 0 Å². The Morgan fingerprint density at radius 3 is 2.94 bits per heavy atom. The highest BCUT2D eigenvalue weighted by atomic mass is 15.1. The molecule has 0 unspecified atom stereocenters. The summed E-state index contributed by atoms with van der Waals surface area (Å²) in [5.41, 5.74) is 10.0. The zero-order valence-electron chi connectivity index (χ0n) is 9.40. The van der Waals surface area contributed by atoms with Gasteiger partial charge in [-0.15, -0.1) is 0 Å². The second-order valence-electron chi connectivity index (χ2n) is 3.66. The van der Waals surface area contributed by atoms with Crippen LogP contribution in [0.1, 0.15) is 18.2 Å². The van der Waals surface area contributed by atoms with E-state index < -0.39 is 0 Å². The Morgan fingerprint density at radius 2 is 2.31 bits per heavy atom. The van der Waals surface area contributed by atoms with E-state index in [1.165, 1.54) is 11.3 Å². The molecule has 4 heteroatoms. The second-order valence-corrected chi connectivity index (χ2v) is 3.66. The maximum absolute atomic E-state index is 5.63. The second kappa shape index (κ2) is 4.90. The first-order chi connectivity index (χ1) is 7.86. The Hall–Kier alpha value is -1.68. The summed E-state index contributed by atoms with van der Waals surface area (Å²) in [6.07, 6.45) is 5.39. The van der Waals surface area contributed by atoms with E-state index in [9.17, 15) is 0 Å². The fourth-order valence-corrected chi connectivity index (χ4v) is 1.85. The lowest BCUT2D eigenvalue weighted by molar-refractivity contribution is 0.921. The van der Waals surface area contributed by atoms with Gasteiger partial charge in [0.1, 0.15) is 0 Å². The fraction of sp³-hybridized carbons (Fsp3) is 0.333. The maximum atomic E-state index is 5.63. The van der Waals surface area contributed by atoms with Gasteiger partial charge in [0.05, 0.1) is 5.69 Å². The summed E-state index contributed by atoms with van der Waals surface area (Å²) in [4.78, 5) is 4.11. The van der Waals surface area contributed by atoms with Crippen molar-refractivity contribution in [1.29, 1.82) is 0 Å². The van der Waals surface area contributed by atoms with Gasteiger partial charge in [0.25, 0.3) is 0 Å². The quantitative estimate of drug-likeness (QED) is 0.814. The number of hydrogen-bond donors (Lipinski definition) is 2. The van der Waals surface area contributed by atoms with Crippen molar-refractivity contribution in [1.82, 2.24) is 15.2 Å². The van der Waals surface area contributed by atoms with Gasteiger partial charge in [-0.3, -0.25) is 10.1 Å². The minimum Gasteiger partial charge on any atom is -0.330 e. The van der Waals surface area contributed by atoms with Crippen LogP contribution in [0, 0.1) is 0 Å². The molecule has 2 aromatic heterocycles. The first-order valence-corrected chi connectivity index (χ1v) is 5.53. The number of nitrogens with two attached hydrogens (primary N) is 1. The molecule has 0 aliphatic heterocycles. The molecule has 0 aromatic carbocycles. The molecule has 2 heterocycles. The van der Waals surface area contributed by atoms with E-state index in [1.807, 2.05) is 18.3 Å². The molecule has 0 atom stereocenters. The van der Waals surface area contributed by atoms with Gasteiger partial charge >= 0.3 is 0 Å². The van der Waals surface area contributed by atoms with Crippen LogP contribution in [0.4, 0.5) is 0 Å². The summed E-state index contributed by atoms with van der Waals surface area (Å²) >= 11 is 0. The van der Waals surface area contributed by atoms with Gasteiger partial charge < -0.3 is 5.73 Å². The SMILES string of the molecule is CCc1[nH]nc(-c2cccnc2)c1CCN. The average Bonchev–Trinajstić information content (AvgIpc) is 2.74. The summed E-state index contributed by atoms with van der Waals surface area (Å²) in [6.45, 7) is 2.75. The fourth-order valence-electron chi connectivity index (χ4n) is 1.85. The van der Waals surface area contributed by atoms with Crippen molar-refractivity contribution >= 4 is 0 Å². The summed E-state index contributed by atoms with van der Waals surface area (Å²) in [6, 6.07) is 3.94. The number of aromatic nitrogens is 3. The van der Waals surface area contributed by atoms with E-state index in [0.29, 0.717) is 6.54 Å². The van der Waals surface area contributed by atoms with E-state index in [4.69, 9.17) is 5.73 Å². The predicted octanol–water partition coefficient (Wildman–Crippen LogP) is 1.54. The van der Waals surface area contributed by atoms with Gasteiger partial charge in [-0.05, 0) is 31.5 Å². The molecule has 0 saturated heterocycles. The van der Waals surface area contributed by atoms with Crippen molar-refractivity contribution in [2.24, 2.45) is 5.73 Å². The molecule has 4 nitrogen and oxygen atoms in total. The molecular weight excluding hydrogens is 200 g/mol. The molecule has 0 aliphatic carbocycles. The monoisotopic (exact) mass is 216 g/mol. The number of hydrogen-bond acceptors (Lipinski definition) is 3. The van der Waals surface area contributed by atoms with Crippen LogP contribution in [0.15, 0.2) is 24.5 Å². The van der Waals surface area contributed by atoms with Crippen LogP contribution in [0.5, 0.6) is 0 Å². The third kappa shape index (κ3) is 1.97. The molecule has 0 aliphatic rings. The number of nitrogens with zero attached hydrogens (tertiary/aromatic N) is 2. The normalized spacial score (nSPS) is 10.6. The van der Waals surface area contributed by atoms with Crippen molar-refractivity contribution in [2.45, 2.75) is 19.8 Å². The zero-order valence-corrected chi connectivity index (χ0v) is 9.40. The number of rotatable bonds is 4. The molecule has 0 bridgehead atoms. The highest BCUT2D eigenvalue weighted by Crippen LogP contribution is 2.23. The smallest absolute Gasteiger partial charge is 0.0971 e. The number of aryl methyl sites for hydroxylation is 1. The lowest BCUT2D eigenvalue weighted by Crippen LogP contribution is -2.05. The first-order valence-electron chi connectivity index (χ1n) is 5.53. The Balaban J connectivity index is 2.44. The van der Waals surface area contributed by atoms with Crippen LogP contribution >= 0.6 is 0 Å². The summed E-state index contributed by atoms with van der Waals surface area (Å²) < 4.78 is 0. The topological polar surface area (TPSA) is 67.6 Å². The van der Waals surface area contributed by atoms with Crippen LogP contribution in [0.3, 0.4) is 0 Å². The van der Waals surface area contributed by atoms with E-state index in [0.717, 1.165) is 24.1 Å². The highest BCUT2D eigenvalue weighted by molar-refractivity contribution is 5.63. The Labute approximate surface area is 94.9 Å². The van der Waals surface area contributed by atoms with Crippen LogP contribution in [-0.4, -0.2) is 21.7 Å². The molecule has 0 fully saturated rings. The molecule has 0 saturated carbocycles. The first kappa shape index (κ1) is 10.8. The van der Waals surface area contributed by atoms with Crippen molar-refractivity contribution in [3.63, 3.8) is 0 Å². The summed E-state index contributed by atoms with van der Waals surface area (Å²) in [7, 11) is 0. The molecule has 2 aromatic rings. The highest BCUT2D eigenvalue weighted by Gasteiger charge is 2.12. The van der Waals surface area contributed by atoms with Crippen molar-refractivity contribution in [3.8, 4) is 11.3 Å². The minimum absolute atomic E-state index is 0.639. The molecule has 0 amide bonds. The van der Waals surface area contributed by atoms with Crippen molar-refractivity contribution < 1.29 is 0 Å². The zero-order chi connectivity index (χ0) is 11.4. The van der Waals surface area contributed by atoms with Gasteiger partial charge in [0, 0.05) is 29.2 Å². The molecule has 16 heavy (non-hydrogen) atoms. The van der Waals surface area contributed by atoms with Crippen LogP contribution in [0.2, 0.25) is 0 Å². The van der Waals surface area contributed by atoms with Crippen LogP contribution < -0.4 is 5.73 Å². The third-order valence-corrected chi connectivity index (χ3v) is 2.64. The van der Waals surface area contributed by atoms with Crippen LogP contribution in [-0.2, 0) is 12.8 Å². The number of aromatic amines is 1. The molecule has 0 spiro atoms. The maximum Gasteiger partial charge on any atom is 0.0971 e. The average molecular weight is 216 g/mol. The standard InChI is InChI=1S/C12H16N4/c1-2-11-10(5-6-13)12(16-15-11)9-4-3-7-14-8-9/h3-4,7-8H,2,5-6,13H2,1H3,(H,15,16). The molecule has 0 radical (unpaired) electrons. The Morgan fingerprint density at radius 1 is 1.44 bits per heavy atom. The largest absolute Gasteiger partial charge is 0.330 e. The Bertz CT molecular complexity index is 447. The van der Waals surface area contributed by atoms with Crippen molar-refractivity contribution in [3.05, 3.63) is 35.8 Å². The van der Waals surface area contributed by atoms with E-state index in [2.05, 4.69) is 22.1 Å². The van der Waals surface area contributed by atoms with E-state index >= 15 is 0 Å². The van der Waals surface area contributed by atoms with Gasteiger partial charge in [-0.1, -0.05) is 6.92 Å². The minimum atomic E-state index is 0.639. The van der Waals surface area contributed by atoms with Gasteiger partial charge in [-0.2, -0.15) is 5.10 Å². The van der Waals surface area contributed by atoms with Gasteiger partial charge in [0.15, 0.2) is 0 Å². The number of pyridine rings is 1. The number of H-pyrrole nitrogens is 1. The molecule has 84 valence electrons. The van der Waals surface area contributed by atoms with Crippen LogP contribution in [0.25, 0.3) is 11.3 Å². The summed E-state index contributed by atoms with van der Waals surface area (Å²) in [5.74, 6) is 0. The summed E-state index contributed by atoms with van der Waals surface area (Å²) in [5, 5.41) is 7.43. The van der Waals surface area contributed by atoms with E-state index in [1.54, 1.807) is 6.20 Å². The molecule has 2 rings (SSSR count). The lowest BCUT2D eigenvalue weighted by atomic mass is 10.0. The predicted molar refractivity (Wildman–Crippen MR) is 64.0 cm³/mol. The molecule has 3 N–H and O–H groups in total. The number of nitrogens with one attached hydrogen (secondary N) is 1. The third-order valence-electron chi connectivity index (χ3n) is 2.64.